The third-order valence-electron chi connectivity index (χ3n) is 8.12. The summed E-state index contributed by atoms with van der Waals surface area (Å²) in [6.45, 7) is 6.24. The van der Waals surface area contributed by atoms with E-state index in [-0.39, 0.29) is 60.6 Å². The zero-order valence-corrected chi connectivity index (χ0v) is 25.7. The summed E-state index contributed by atoms with van der Waals surface area (Å²) in [4.78, 5) is 57.4. The van der Waals surface area contributed by atoms with E-state index in [2.05, 4.69) is 16.0 Å². The Bertz CT molecular complexity index is 1170. The summed E-state index contributed by atoms with van der Waals surface area (Å²) in [7, 11) is 1.68. The SMILES string of the molecule is CNC(C)C(=O)NC1CN(C(=O)CC(C)C)CCC2CCC(C(=O)NC(c3ccccc3)c3ccccc3)N2C1=O.Cl. The van der Waals surface area contributed by atoms with Gasteiger partial charge in [-0.15, -0.1) is 12.4 Å². The first kappa shape index (κ1) is 33.1. The van der Waals surface area contributed by atoms with E-state index >= 15 is 0 Å². The molecule has 4 rings (SSSR count). The van der Waals surface area contributed by atoms with Crippen LogP contribution in [-0.4, -0.2) is 77.7 Å². The number of likely N-dealkylation sites (N-methyl/N-ethyl adjacent to an activating group) is 1. The normalized spacial score (nSPS) is 21.2. The minimum atomic E-state index is -0.940. The lowest BCUT2D eigenvalue weighted by Gasteiger charge is -2.39. The Morgan fingerprint density at radius 3 is 2.05 bits per heavy atom. The van der Waals surface area contributed by atoms with E-state index in [1.54, 1.807) is 23.8 Å². The Morgan fingerprint density at radius 1 is 0.905 bits per heavy atom. The zero-order chi connectivity index (χ0) is 29.5. The Balaban J connectivity index is 0.00000484. The van der Waals surface area contributed by atoms with Gasteiger partial charge in [0.25, 0.3) is 0 Å². The molecule has 3 N–H and O–H groups in total. The van der Waals surface area contributed by atoms with Gasteiger partial charge in [-0.3, -0.25) is 19.2 Å². The number of rotatable bonds is 9. The van der Waals surface area contributed by atoms with Crippen molar-refractivity contribution in [1.82, 2.24) is 25.8 Å². The Labute approximate surface area is 255 Å². The standard InChI is InChI=1S/C32H43N5O4.ClH/c1-21(2)19-28(38)36-18-17-25-15-16-27(37(25)32(41)26(20-36)34-30(39)22(3)33-4)31(40)35-29(23-11-7-5-8-12-23)24-13-9-6-10-14-24;/h5-14,21-22,25-27,29,33H,15-20H2,1-4H3,(H,34,39)(H,35,40);1H. The number of benzene rings is 2. The van der Waals surface area contributed by atoms with Gasteiger partial charge in [-0.25, -0.2) is 0 Å². The molecular weight excluding hydrogens is 554 g/mol. The number of halogens is 1. The summed E-state index contributed by atoms with van der Waals surface area (Å²) in [6.07, 6.45) is 2.15. The summed E-state index contributed by atoms with van der Waals surface area (Å²) in [5.74, 6) is -0.710. The predicted molar refractivity (Wildman–Crippen MR) is 165 cm³/mol. The summed E-state index contributed by atoms with van der Waals surface area (Å²) in [5, 5.41) is 8.99. The molecule has 0 bridgehead atoms. The molecule has 2 saturated heterocycles. The Kier molecular flexibility index (Phi) is 11.9. The van der Waals surface area contributed by atoms with E-state index in [4.69, 9.17) is 0 Å². The summed E-state index contributed by atoms with van der Waals surface area (Å²) < 4.78 is 0. The number of fused-ring (bicyclic) bond motifs is 1. The highest BCUT2D eigenvalue weighted by molar-refractivity contribution is 5.94. The minimum Gasteiger partial charge on any atom is -0.343 e. The fourth-order valence-corrected chi connectivity index (χ4v) is 5.76. The van der Waals surface area contributed by atoms with Gasteiger partial charge in [-0.1, -0.05) is 74.5 Å². The van der Waals surface area contributed by atoms with Gasteiger partial charge < -0.3 is 25.8 Å². The highest BCUT2D eigenvalue weighted by Gasteiger charge is 2.46. The first-order valence-electron chi connectivity index (χ1n) is 14.7. The average molecular weight is 598 g/mol. The van der Waals surface area contributed by atoms with Crippen molar-refractivity contribution in [3.05, 3.63) is 71.8 Å². The topological polar surface area (TPSA) is 111 Å². The zero-order valence-electron chi connectivity index (χ0n) is 24.9. The smallest absolute Gasteiger partial charge is 0.247 e. The minimum absolute atomic E-state index is 0. The molecule has 2 aromatic rings. The molecule has 2 fully saturated rings. The summed E-state index contributed by atoms with van der Waals surface area (Å²) in [6, 6.07) is 16.9. The second-order valence-corrected chi connectivity index (χ2v) is 11.6. The average Bonchev–Trinajstić information content (AvgIpc) is 3.39. The highest BCUT2D eigenvalue weighted by atomic mass is 35.5. The molecule has 0 saturated carbocycles. The molecular formula is C32H44ClN5O4. The van der Waals surface area contributed by atoms with Crippen molar-refractivity contribution in [3.8, 4) is 0 Å². The van der Waals surface area contributed by atoms with E-state index in [1.807, 2.05) is 74.5 Å². The van der Waals surface area contributed by atoms with Gasteiger partial charge >= 0.3 is 0 Å². The van der Waals surface area contributed by atoms with Crippen molar-refractivity contribution in [3.63, 3.8) is 0 Å². The van der Waals surface area contributed by atoms with E-state index in [1.165, 1.54) is 0 Å². The van der Waals surface area contributed by atoms with Crippen LogP contribution in [0.25, 0.3) is 0 Å². The summed E-state index contributed by atoms with van der Waals surface area (Å²) >= 11 is 0. The molecule has 9 nitrogen and oxygen atoms in total. The third kappa shape index (κ3) is 7.89. The van der Waals surface area contributed by atoms with Crippen molar-refractivity contribution in [2.24, 2.45) is 5.92 Å². The molecule has 4 unspecified atom stereocenters. The monoisotopic (exact) mass is 597 g/mol. The van der Waals surface area contributed by atoms with Gasteiger partial charge in [0.2, 0.25) is 23.6 Å². The first-order chi connectivity index (χ1) is 19.7. The van der Waals surface area contributed by atoms with Gasteiger partial charge in [0, 0.05) is 25.6 Å². The molecule has 0 spiro atoms. The Hall–Kier alpha value is -3.43. The van der Waals surface area contributed by atoms with Crippen molar-refractivity contribution in [2.75, 3.05) is 20.1 Å². The third-order valence-corrected chi connectivity index (χ3v) is 8.12. The highest BCUT2D eigenvalue weighted by Crippen LogP contribution is 2.31. The number of nitrogens with one attached hydrogen (secondary N) is 3. The molecule has 2 heterocycles. The fraction of sp³-hybridized carbons (Fsp3) is 0.500. The molecule has 4 amide bonds. The molecule has 2 aliphatic rings. The number of carbonyl (C=O) groups excluding carboxylic acids is 4. The van der Waals surface area contributed by atoms with Crippen molar-refractivity contribution in [1.29, 1.82) is 0 Å². The van der Waals surface area contributed by atoms with Gasteiger partial charge in [-0.2, -0.15) is 0 Å². The van der Waals surface area contributed by atoms with Gasteiger partial charge in [0.15, 0.2) is 0 Å². The molecule has 4 atom stereocenters. The van der Waals surface area contributed by atoms with Gasteiger partial charge in [0.05, 0.1) is 12.1 Å². The molecule has 0 aliphatic carbocycles. The van der Waals surface area contributed by atoms with Crippen LogP contribution in [0.15, 0.2) is 60.7 Å². The van der Waals surface area contributed by atoms with Crippen molar-refractivity contribution >= 4 is 36.0 Å². The molecule has 10 heteroatoms. The number of amides is 4. The van der Waals surface area contributed by atoms with Crippen LogP contribution in [0.5, 0.6) is 0 Å². The predicted octanol–water partition coefficient (Wildman–Crippen LogP) is 3.04. The number of nitrogens with zero attached hydrogens (tertiary/aromatic N) is 2. The van der Waals surface area contributed by atoms with Crippen LogP contribution in [-0.2, 0) is 19.2 Å². The summed E-state index contributed by atoms with van der Waals surface area (Å²) in [5.41, 5.74) is 1.90. The lowest BCUT2D eigenvalue weighted by molar-refractivity contribution is -0.147. The van der Waals surface area contributed by atoms with E-state index in [0.717, 1.165) is 11.1 Å². The van der Waals surface area contributed by atoms with Gasteiger partial charge in [0.1, 0.15) is 12.1 Å². The van der Waals surface area contributed by atoms with Crippen molar-refractivity contribution < 1.29 is 19.2 Å². The van der Waals surface area contributed by atoms with Crippen LogP contribution >= 0.6 is 12.4 Å². The number of carbonyl (C=O) groups is 4. The number of hydrogen-bond donors (Lipinski definition) is 3. The van der Waals surface area contributed by atoms with Crippen molar-refractivity contribution in [2.45, 2.75) is 76.7 Å². The maximum atomic E-state index is 14.1. The quantitative estimate of drug-likeness (QED) is 0.412. The van der Waals surface area contributed by atoms with Gasteiger partial charge in [-0.05, 0) is 50.3 Å². The Morgan fingerprint density at radius 2 is 1.50 bits per heavy atom. The first-order valence-corrected chi connectivity index (χ1v) is 14.7. The van der Waals surface area contributed by atoms with Crippen LogP contribution < -0.4 is 16.0 Å². The molecule has 0 aromatic heterocycles. The molecule has 228 valence electrons. The van der Waals surface area contributed by atoms with E-state index in [0.29, 0.717) is 32.2 Å². The van der Waals surface area contributed by atoms with E-state index < -0.39 is 18.1 Å². The van der Waals surface area contributed by atoms with Crippen LogP contribution in [0.2, 0.25) is 0 Å². The molecule has 0 radical (unpaired) electrons. The van der Waals surface area contributed by atoms with Crippen LogP contribution in [0.1, 0.15) is 63.6 Å². The molecule has 2 aromatic carbocycles. The molecule has 2 aliphatic heterocycles. The van der Waals surface area contributed by atoms with Crippen LogP contribution in [0, 0.1) is 5.92 Å². The number of hydrogen-bond acceptors (Lipinski definition) is 5. The lowest BCUT2D eigenvalue weighted by Crippen LogP contribution is -2.62. The van der Waals surface area contributed by atoms with E-state index in [9.17, 15) is 19.2 Å². The molecule has 42 heavy (non-hydrogen) atoms. The van der Waals surface area contributed by atoms with Crippen LogP contribution in [0.3, 0.4) is 0 Å². The maximum absolute atomic E-state index is 14.1. The second kappa shape index (κ2) is 15.2. The second-order valence-electron chi connectivity index (χ2n) is 11.6. The van der Waals surface area contributed by atoms with Crippen LogP contribution in [0.4, 0.5) is 0 Å². The lowest BCUT2D eigenvalue weighted by atomic mass is 9.98. The maximum Gasteiger partial charge on any atom is 0.247 e. The largest absolute Gasteiger partial charge is 0.343 e. The fourth-order valence-electron chi connectivity index (χ4n) is 5.76.